The van der Waals surface area contributed by atoms with Crippen molar-refractivity contribution in [3.8, 4) is 11.5 Å². The number of nitrogens with zero attached hydrogens (tertiary/aromatic N) is 2. The van der Waals surface area contributed by atoms with Crippen molar-refractivity contribution in [3.63, 3.8) is 0 Å². The van der Waals surface area contributed by atoms with Crippen LogP contribution in [0.3, 0.4) is 0 Å². The monoisotopic (exact) mass is 512 g/mol. The fourth-order valence-corrected chi connectivity index (χ4v) is 4.12. The molecule has 0 amide bonds. The molecule has 0 saturated carbocycles. The molecule has 4 rings (SSSR count). The largest absolute Gasteiger partial charge is 0.431 e. The van der Waals surface area contributed by atoms with E-state index in [1.54, 1.807) is 49.8 Å². The fraction of sp³-hybridized carbons (Fsp3) is 0.214. The van der Waals surface area contributed by atoms with Crippen molar-refractivity contribution in [1.29, 1.82) is 0 Å². The van der Waals surface area contributed by atoms with Crippen molar-refractivity contribution in [2.45, 2.75) is 38.1 Å². The summed E-state index contributed by atoms with van der Waals surface area (Å²) < 4.78 is 60.5. The molecule has 37 heavy (non-hydrogen) atoms. The van der Waals surface area contributed by atoms with E-state index in [0.717, 1.165) is 11.1 Å². The van der Waals surface area contributed by atoms with Crippen LogP contribution >= 0.6 is 0 Å². The first-order valence-corrected chi connectivity index (χ1v) is 11.4. The zero-order valence-corrected chi connectivity index (χ0v) is 19.8. The van der Waals surface area contributed by atoms with Crippen molar-refractivity contribution < 1.29 is 32.1 Å². The van der Waals surface area contributed by atoms with Gasteiger partial charge in [-0.1, -0.05) is 42.5 Å². The Morgan fingerprint density at radius 3 is 2.08 bits per heavy atom. The van der Waals surface area contributed by atoms with Gasteiger partial charge in [0.15, 0.2) is 11.5 Å². The number of alkyl halides is 4. The minimum absolute atomic E-state index is 0.411. The summed E-state index contributed by atoms with van der Waals surface area (Å²) in [7, 11) is 0. The molecule has 0 aliphatic heterocycles. The Hall–Kier alpha value is -3.98. The van der Waals surface area contributed by atoms with Crippen LogP contribution in [0.25, 0.3) is 0 Å². The van der Waals surface area contributed by atoms with E-state index in [0.29, 0.717) is 23.2 Å². The summed E-state index contributed by atoms with van der Waals surface area (Å²) in [6, 6.07) is 20.2. The number of rotatable bonds is 10. The molecule has 0 saturated heterocycles. The Bertz CT molecular complexity index is 1290. The molecule has 0 spiro atoms. The zero-order chi connectivity index (χ0) is 26.4. The number of halogens is 4. The van der Waals surface area contributed by atoms with Crippen LogP contribution in [-0.2, 0) is 12.0 Å². The number of pyridine rings is 2. The van der Waals surface area contributed by atoms with Crippen LogP contribution < -0.4 is 9.47 Å². The molecule has 192 valence electrons. The molecule has 4 aromatic rings. The molecule has 0 radical (unpaired) electrons. The lowest BCUT2D eigenvalue weighted by Crippen LogP contribution is -2.24. The van der Waals surface area contributed by atoms with Crippen LogP contribution in [0.1, 0.15) is 40.8 Å². The highest BCUT2D eigenvalue weighted by molar-refractivity contribution is 5.47. The number of hydrogen-bond acceptors (Lipinski definition) is 5. The molecule has 0 unspecified atom stereocenters. The van der Waals surface area contributed by atoms with Crippen molar-refractivity contribution in [2.24, 2.45) is 0 Å². The fourth-order valence-electron chi connectivity index (χ4n) is 4.12. The van der Waals surface area contributed by atoms with Crippen LogP contribution in [0.4, 0.5) is 17.6 Å². The van der Waals surface area contributed by atoms with E-state index in [9.17, 15) is 22.7 Å². The second-order valence-corrected chi connectivity index (χ2v) is 8.49. The third-order valence-electron chi connectivity index (χ3n) is 6.01. The number of hydrogen-bond donors (Lipinski definition) is 1. The van der Waals surface area contributed by atoms with Gasteiger partial charge >= 0.3 is 13.2 Å². The molecule has 0 fully saturated rings. The van der Waals surface area contributed by atoms with Crippen LogP contribution in [0, 0.1) is 0 Å². The van der Waals surface area contributed by atoms with E-state index in [1.807, 2.05) is 30.3 Å². The van der Waals surface area contributed by atoms with E-state index in [4.69, 9.17) is 0 Å². The van der Waals surface area contributed by atoms with E-state index >= 15 is 0 Å². The summed E-state index contributed by atoms with van der Waals surface area (Å²) in [5.41, 5.74) is 1.91. The Labute approximate surface area is 211 Å². The number of aliphatic hydroxyl groups is 1. The minimum atomic E-state index is -3.23. The molecule has 0 aliphatic carbocycles. The molecule has 2 aromatic heterocycles. The second kappa shape index (κ2) is 11.4. The molecule has 2 atom stereocenters. The highest BCUT2D eigenvalue weighted by Crippen LogP contribution is 2.37. The average Bonchev–Trinajstić information content (AvgIpc) is 2.89. The topological polar surface area (TPSA) is 64.5 Å². The summed E-state index contributed by atoms with van der Waals surface area (Å²) in [5.74, 6) is -1.40. The smallest absolute Gasteiger partial charge is 0.387 e. The van der Waals surface area contributed by atoms with Crippen molar-refractivity contribution in [2.75, 3.05) is 0 Å². The third-order valence-corrected chi connectivity index (χ3v) is 6.01. The summed E-state index contributed by atoms with van der Waals surface area (Å²) in [6.07, 6.45) is 5.31. The molecule has 0 aliphatic rings. The number of aromatic nitrogens is 2. The van der Waals surface area contributed by atoms with E-state index in [-0.39, 0.29) is 0 Å². The van der Waals surface area contributed by atoms with Gasteiger partial charge < -0.3 is 14.6 Å². The highest BCUT2D eigenvalue weighted by Gasteiger charge is 2.28. The van der Waals surface area contributed by atoms with Gasteiger partial charge in [-0.25, -0.2) is 0 Å². The summed E-state index contributed by atoms with van der Waals surface area (Å²) in [5, 5.41) is 11.1. The van der Waals surface area contributed by atoms with Crippen LogP contribution in [0.15, 0.2) is 91.4 Å². The Morgan fingerprint density at radius 1 is 0.811 bits per heavy atom. The minimum Gasteiger partial charge on any atom is -0.431 e. The first-order chi connectivity index (χ1) is 17.7. The molecule has 5 nitrogen and oxygen atoms in total. The van der Waals surface area contributed by atoms with Crippen LogP contribution in [0.5, 0.6) is 11.5 Å². The SMILES string of the molecule is C[C@@](O)(c1ccccc1)c1ccc([C@@H](Cc2ccncc2)c2ccc(OC(F)F)c(OC(F)F)c2)cn1. The predicted octanol–water partition coefficient (Wildman–Crippen LogP) is 6.31. The first-order valence-electron chi connectivity index (χ1n) is 11.4. The predicted molar refractivity (Wildman–Crippen MR) is 129 cm³/mol. The number of ether oxygens (including phenoxy) is 2. The van der Waals surface area contributed by atoms with E-state index in [1.165, 1.54) is 18.2 Å². The number of benzene rings is 2. The second-order valence-electron chi connectivity index (χ2n) is 8.49. The van der Waals surface area contributed by atoms with Gasteiger partial charge in [0.25, 0.3) is 0 Å². The van der Waals surface area contributed by atoms with Crippen molar-refractivity contribution in [3.05, 3.63) is 119 Å². The van der Waals surface area contributed by atoms with Crippen LogP contribution in [-0.4, -0.2) is 28.3 Å². The Morgan fingerprint density at radius 2 is 1.46 bits per heavy atom. The van der Waals surface area contributed by atoms with Gasteiger partial charge in [0.05, 0.1) is 5.69 Å². The molecule has 1 N–H and O–H groups in total. The van der Waals surface area contributed by atoms with Gasteiger partial charge in [0.2, 0.25) is 0 Å². The highest BCUT2D eigenvalue weighted by atomic mass is 19.3. The Kier molecular flexibility index (Phi) is 8.03. The molecule has 9 heteroatoms. The molecular weight excluding hydrogens is 488 g/mol. The van der Waals surface area contributed by atoms with Crippen molar-refractivity contribution in [1.82, 2.24) is 9.97 Å². The lowest BCUT2D eigenvalue weighted by molar-refractivity contribution is -0.0692. The van der Waals surface area contributed by atoms with E-state index in [2.05, 4.69) is 19.4 Å². The summed E-state index contributed by atoms with van der Waals surface area (Å²) >= 11 is 0. The normalized spacial score (nSPS) is 13.8. The third kappa shape index (κ3) is 6.42. The molecule has 0 bridgehead atoms. The van der Waals surface area contributed by atoms with Gasteiger partial charge in [-0.3, -0.25) is 9.97 Å². The molecule has 2 aromatic carbocycles. The maximum absolute atomic E-state index is 13.0. The maximum Gasteiger partial charge on any atom is 0.387 e. The van der Waals surface area contributed by atoms with Gasteiger partial charge in [-0.05, 0) is 65.9 Å². The first kappa shape index (κ1) is 26.1. The average molecular weight is 513 g/mol. The zero-order valence-electron chi connectivity index (χ0n) is 19.8. The van der Waals surface area contributed by atoms with Gasteiger partial charge in [-0.15, -0.1) is 0 Å². The lowest BCUT2D eigenvalue weighted by Gasteiger charge is -2.25. The standard InChI is InChI=1S/C28H24F4N2O3/c1-28(35,21-5-3-2-4-6-21)25-10-8-20(17-34-25)22(15-18-11-13-33-14-12-18)19-7-9-23(36-26(29)30)24(16-19)37-27(31)32/h2-14,16-17,22,26-27,35H,15H2,1H3/t22-,28+/m0/s1. The Balaban J connectivity index is 1.73. The lowest BCUT2D eigenvalue weighted by atomic mass is 9.85. The van der Waals surface area contributed by atoms with Crippen LogP contribution in [0.2, 0.25) is 0 Å². The van der Waals surface area contributed by atoms with Gasteiger partial charge in [0, 0.05) is 24.5 Å². The molecule has 2 heterocycles. The quantitative estimate of drug-likeness (QED) is 0.252. The van der Waals surface area contributed by atoms with Crippen molar-refractivity contribution >= 4 is 0 Å². The maximum atomic E-state index is 13.0. The summed E-state index contributed by atoms with van der Waals surface area (Å²) in [4.78, 5) is 8.53. The van der Waals surface area contributed by atoms with E-state index < -0.39 is 36.2 Å². The van der Waals surface area contributed by atoms with Gasteiger partial charge in [-0.2, -0.15) is 17.6 Å². The molecular formula is C28H24F4N2O3. The van der Waals surface area contributed by atoms with Gasteiger partial charge in [0.1, 0.15) is 5.60 Å². The summed E-state index contributed by atoms with van der Waals surface area (Å²) in [6.45, 7) is -4.78.